The second-order valence-corrected chi connectivity index (χ2v) is 6.59. The first kappa shape index (κ1) is 20.8. The number of nitrogens with one attached hydrogen (secondary N) is 2. The first-order chi connectivity index (χ1) is 14.2. The zero-order valence-electron chi connectivity index (χ0n) is 16.9. The number of rotatable bonds is 7. The Morgan fingerprint density at radius 1 is 1.13 bits per heavy atom. The molecular weight excluding hydrogens is 392 g/mol. The summed E-state index contributed by atoms with van der Waals surface area (Å²) in [7, 11) is 1.76. The van der Waals surface area contributed by atoms with Gasteiger partial charge in [-0.1, -0.05) is 0 Å². The van der Waals surface area contributed by atoms with Gasteiger partial charge < -0.3 is 15.7 Å². The summed E-state index contributed by atoms with van der Waals surface area (Å²) in [6.45, 7) is 5.50. The van der Waals surface area contributed by atoms with E-state index in [0.717, 1.165) is 5.69 Å². The Morgan fingerprint density at radius 3 is 2.40 bits per heavy atom. The van der Waals surface area contributed by atoms with Crippen molar-refractivity contribution in [1.29, 1.82) is 0 Å². The molecule has 3 N–H and O–H groups in total. The van der Waals surface area contributed by atoms with Gasteiger partial charge in [-0.25, -0.2) is 4.79 Å². The van der Waals surface area contributed by atoms with E-state index in [2.05, 4.69) is 25.9 Å². The lowest BCUT2D eigenvalue weighted by molar-refractivity contribution is -0.140. The van der Waals surface area contributed by atoms with Crippen molar-refractivity contribution in [2.75, 3.05) is 10.6 Å². The molecule has 0 aliphatic heterocycles. The van der Waals surface area contributed by atoms with Crippen molar-refractivity contribution in [3.8, 4) is 0 Å². The Bertz CT molecular complexity index is 1110. The summed E-state index contributed by atoms with van der Waals surface area (Å²) in [4.78, 5) is 36.5. The van der Waals surface area contributed by atoms with Crippen molar-refractivity contribution < 1.29 is 19.5 Å². The number of carbonyl (C=O) groups excluding carboxylic acids is 2. The number of aliphatic carboxylic acids is 1. The van der Waals surface area contributed by atoms with Crippen molar-refractivity contribution >= 4 is 29.2 Å². The first-order valence-electron chi connectivity index (χ1n) is 9.18. The molecule has 12 heteroatoms. The molecule has 0 aliphatic rings. The van der Waals surface area contributed by atoms with Crippen LogP contribution in [0.4, 0.5) is 11.4 Å². The maximum Gasteiger partial charge on any atom is 0.328 e. The zero-order chi connectivity index (χ0) is 22.0. The van der Waals surface area contributed by atoms with E-state index in [9.17, 15) is 14.4 Å². The molecule has 1 atom stereocenters. The summed E-state index contributed by atoms with van der Waals surface area (Å²) in [5.41, 5.74) is 1.72. The van der Waals surface area contributed by atoms with E-state index in [-0.39, 0.29) is 17.1 Å². The summed E-state index contributed by atoms with van der Waals surface area (Å²) in [6.07, 6.45) is 4.32. The summed E-state index contributed by atoms with van der Waals surface area (Å²) in [6, 6.07) is 0.482. The van der Waals surface area contributed by atoms with E-state index in [4.69, 9.17) is 5.11 Å². The normalized spacial score (nSPS) is 11.9. The van der Waals surface area contributed by atoms with Crippen LogP contribution in [0.15, 0.2) is 24.7 Å². The van der Waals surface area contributed by atoms with Crippen LogP contribution in [0.3, 0.4) is 0 Å². The molecule has 12 nitrogen and oxygen atoms in total. The Balaban J connectivity index is 1.82. The van der Waals surface area contributed by atoms with Crippen molar-refractivity contribution in [3.05, 3.63) is 41.7 Å². The largest absolute Gasteiger partial charge is 0.480 e. The number of carbonyl (C=O) groups is 3. The number of aromatic nitrogens is 6. The maximum absolute atomic E-state index is 12.9. The molecule has 3 rings (SSSR count). The standard InChI is InChI=1S/C18H22N8O4/c1-5-25-15(17(28)21-13-8-19-24(4)10(13)2)14(9-20-25)22-16(27)12-6-7-26(23-12)11(3)18(29)30/h6-9,11H,5H2,1-4H3,(H,21,28)(H,22,27)(H,29,30). The van der Waals surface area contributed by atoms with E-state index in [1.54, 1.807) is 11.7 Å². The topological polar surface area (TPSA) is 149 Å². The number of carboxylic acid groups (broad SMARTS) is 1. The highest BCUT2D eigenvalue weighted by atomic mass is 16.4. The van der Waals surface area contributed by atoms with E-state index >= 15 is 0 Å². The molecule has 0 bridgehead atoms. The minimum atomic E-state index is -1.07. The average molecular weight is 414 g/mol. The van der Waals surface area contributed by atoms with Crippen LogP contribution in [0.2, 0.25) is 0 Å². The van der Waals surface area contributed by atoms with Gasteiger partial charge in [0.05, 0.1) is 29.5 Å². The van der Waals surface area contributed by atoms with Crippen molar-refractivity contribution in [2.24, 2.45) is 7.05 Å². The molecule has 0 fully saturated rings. The fourth-order valence-corrected chi connectivity index (χ4v) is 2.73. The Hall–Kier alpha value is -3.96. The van der Waals surface area contributed by atoms with Gasteiger partial charge in [-0.05, 0) is 26.8 Å². The van der Waals surface area contributed by atoms with Crippen LogP contribution in [-0.2, 0) is 18.4 Å². The van der Waals surface area contributed by atoms with Crippen LogP contribution < -0.4 is 10.6 Å². The van der Waals surface area contributed by atoms with Gasteiger partial charge in [-0.3, -0.25) is 23.6 Å². The minimum absolute atomic E-state index is 0.0156. The van der Waals surface area contributed by atoms with Gasteiger partial charge in [0.1, 0.15) is 11.7 Å². The van der Waals surface area contributed by atoms with Crippen LogP contribution in [0.25, 0.3) is 0 Å². The molecule has 3 heterocycles. The maximum atomic E-state index is 12.9. The van der Waals surface area contributed by atoms with E-state index in [1.165, 1.54) is 40.9 Å². The van der Waals surface area contributed by atoms with Gasteiger partial charge in [-0.15, -0.1) is 0 Å². The van der Waals surface area contributed by atoms with E-state index in [0.29, 0.717) is 12.2 Å². The monoisotopic (exact) mass is 414 g/mol. The van der Waals surface area contributed by atoms with Crippen molar-refractivity contribution in [2.45, 2.75) is 33.4 Å². The Morgan fingerprint density at radius 2 is 1.80 bits per heavy atom. The highest BCUT2D eigenvalue weighted by Gasteiger charge is 2.23. The highest BCUT2D eigenvalue weighted by Crippen LogP contribution is 2.20. The van der Waals surface area contributed by atoms with Gasteiger partial charge >= 0.3 is 5.97 Å². The number of hydrogen-bond acceptors (Lipinski definition) is 6. The Labute approximate surface area is 171 Å². The molecular formula is C18H22N8O4. The van der Waals surface area contributed by atoms with Gasteiger partial charge in [0.25, 0.3) is 11.8 Å². The predicted octanol–water partition coefficient (Wildman–Crippen LogP) is 1.29. The second-order valence-electron chi connectivity index (χ2n) is 6.59. The molecule has 0 spiro atoms. The van der Waals surface area contributed by atoms with Crippen LogP contribution >= 0.6 is 0 Å². The third-order valence-electron chi connectivity index (χ3n) is 4.68. The van der Waals surface area contributed by atoms with Gasteiger partial charge in [0.15, 0.2) is 5.69 Å². The summed E-state index contributed by atoms with van der Waals surface area (Å²) in [5, 5.41) is 26.7. The van der Waals surface area contributed by atoms with Crippen LogP contribution in [0, 0.1) is 6.92 Å². The lowest BCUT2D eigenvalue weighted by atomic mass is 10.3. The number of carboxylic acids is 1. The first-order valence-corrected chi connectivity index (χ1v) is 9.18. The fourth-order valence-electron chi connectivity index (χ4n) is 2.73. The van der Waals surface area contributed by atoms with Crippen LogP contribution in [0.5, 0.6) is 0 Å². The van der Waals surface area contributed by atoms with E-state index < -0.39 is 23.8 Å². The summed E-state index contributed by atoms with van der Waals surface area (Å²) < 4.78 is 4.26. The molecule has 30 heavy (non-hydrogen) atoms. The molecule has 0 aliphatic carbocycles. The van der Waals surface area contributed by atoms with Gasteiger partial charge in [0.2, 0.25) is 0 Å². The van der Waals surface area contributed by atoms with Crippen LogP contribution in [0.1, 0.15) is 46.6 Å². The lowest BCUT2D eigenvalue weighted by Gasteiger charge is -2.09. The predicted molar refractivity (Wildman–Crippen MR) is 106 cm³/mol. The highest BCUT2D eigenvalue weighted by molar-refractivity contribution is 6.11. The van der Waals surface area contributed by atoms with Gasteiger partial charge in [-0.2, -0.15) is 15.3 Å². The minimum Gasteiger partial charge on any atom is -0.480 e. The average Bonchev–Trinajstić information content (AvgIpc) is 3.42. The summed E-state index contributed by atoms with van der Waals surface area (Å²) >= 11 is 0. The number of anilines is 2. The van der Waals surface area contributed by atoms with E-state index in [1.807, 2.05) is 13.8 Å². The number of hydrogen-bond donors (Lipinski definition) is 3. The third-order valence-corrected chi connectivity index (χ3v) is 4.68. The summed E-state index contributed by atoms with van der Waals surface area (Å²) in [5.74, 6) is -2.11. The SMILES string of the molecule is CCn1ncc(NC(=O)c2ccn(C(C)C(=O)O)n2)c1C(=O)Nc1cnn(C)c1C. The molecule has 0 radical (unpaired) electrons. The third kappa shape index (κ3) is 3.92. The Kier molecular flexibility index (Phi) is 5.67. The molecule has 0 saturated carbocycles. The number of nitrogens with zero attached hydrogens (tertiary/aromatic N) is 6. The molecule has 158 valence electrons. The smallest absolute Gasteiger partial charge is 0.328 e. The second kappa shape index (κ2) is 8.19. The molecule has 1 unspecified atom stereocenters. The molecule has 3 aromatic rings. The fraction of sp³-hybridized carbons (Fsp3) is 0.333. The molecule has 0 aromatic carbocycles. The number of aryl methyl sites for hydroxylation is 2. The lowest BCUT2D eigenvalue weighted by Crippen LogP contribution is -2.22. The molecule has 0 saturated heterocycles. The van der Waals surface area contributed by atoms with Crippen molar-refractivity contribution in [3.63, 3.8) is 0 Å². The molecule has 2 amide bonds. The zero-order valence-corrected chi connectivity index (χ0v) is 16.9. The van der Waals surface area contributed by atoms with Crippen molar-refractivity contribution in [1.82, 2.24) is 29.3 Å². The van der Waals surface area contributed by atoms with Crippen LogP contribution in [-0.4, -0.2) is 52.2 Å². The van der Waals surface area contributed by atoms with Gasteiger partial charge in [0, 0.05) is 19.8 Å². The molecule has 3 aromatic heterocycles. The quantitative estimate of drug-likeness (QED) is 0.527. The number of amides is 2.